The summed E-state index contributed by atoms with van der Waals surface area (Å²) in [5, 5.41) is 0. The van der Waals surface area contributed by atoms with Crippen LogP contribution in [-0.2, 0) is 4.79 Å². The van der Waals surface area contributed by atoms with E-state index in [1.807, 2.05) is 0 Å². The van der Waals surface area contributed by atoms with Gasteiger partial charge in [-0.15, -0.1) is 0 Å². The molecule has 1 saturated heterocycles. The van der Waals surface area contributed by atoms with Crippen molar-refractivity contribution in [3.05, 3.63) is 0 Å². The van der Waals surface area contributed by atoms with Crippen LogP contribution in [0.3, 0.4) is 0 Å². The van der Waals surface area contributed by atoms with E-state index in [2.05, 4.69) is 23.9 Å². The first kappa shape index (κ1) is 14.8. The zero-order valence-corrected chi connectivity index (χ0v) is 12.3. The quantitative estimate of drug-likeness (QED) is 0.752. The Morgan fingerprint density at radius 1 is 1.37 bits per heavy atom. The summed E-state index contributed by atoms with van der Waals surface area (Å²) in [4.78, 5) is 16.2. The van der Waals surface area contributed by atoms with Gasteiger partial charge in [-0.3, -0.25) is 4.79 Å². The fourth-order valence-corrected chi connectivity index (χ4v) is 3.45. The molecule has 2 aliphatic rings. The minimum Gasteiger partial charge on any atom is -0.368 e. The molecule has 2 fully saturated rings. The molecule has 2 rings (SSSR count). The normalized spacial score (nSPS) is 34.0. The molecule has 5 heteroatoms. The molecule has 19 heavy (non-hydrogen) atoms. The molecule has 0 bridgehead atoms. The molecule has 110 valence electrons. The van der Waals surface area contributed by atoms with Crippen LogP contribution in [0.1, 0.15) is 32.1 Å². The SMILES string of the molecule is CN1CCC(CN(C)C2CCC(N)(C(N)=O)C2)CC1. The second kappa shape index (κ2) is 5.77. The van der Waals surface area contributed by atoms with Crippen molar-refractivity contribution in [3.8, 4) is 0 Å². The second-order valence-corrected chi connectivity index (χ2v) is 6.60. The van der Waals surface area contributed by atoms with E-state index < -0.39 is 5.54 Å². The van der Waals surface area contributed by atoms with Crippen LogP contribution in [-0.4, -0.2) is 61.0 Å². The molecule has 4 N–H and O–H groups in total. The number of hydrogen-bond acceptors (Lipinski definition) is 4. The molecular formula is C14H28N4O. The lowest BCUT2D eigenvalue weighted by molar-refractivity contribution is -0.123. The van der Waals surface area contributed by atoms with Crippen LogP contribution in [0.5, 0.6) is 0 Å². The van der Waals surface area contributed by atoms with Gasteiger partial charge in [0.15, 0.2) is 0 Å². The van der Waals surface area contributed by atoms with E-state index in [0.29, 0.717) is 12.5 Å². The fourth-order valence-electron chi connectivity index (χ4n) is 3.45. The monoisotopic (exact) mass is 268 g/mol. The lowest BCUT2D eigenvalue weighted by Gasteiger charge is -2.34. The Morgan fingerprint density at radius 3 is 2.53 bits per heavy atom. The predicted molar refractivity (Wildman–Crippen MR) is 76.6 cm³/mol. The number of likely N-dealkylation sites (tertiary alicyclic amines) is 1. The molecular weight excluding hydrogens is 240 g/mol. The van der Waals surface area contributed by atoms with Crippen molar-refractivity contribution in [1.29, 1.82) is 0 Å². The Bertz CT molecular complexity index is 327. The number of carbonyl (C=O) groups is 1. The molecule has 1 heterocycles. The van der Waals surface area contributed by atoms with Crippen LogP contribution in [0.15, 0.2) is 0 Å². The summed E-state index contributed by atoms with van der Waals surface area (Å²) in [7, 11) is 4.35. The van der Waals surface area contributed by atoms with E-state index >= 15 is 0 Å². The molecule has 0 radical (unpaired) electrons. The Hall–Kier alpha value is -0.650. The summed E-state index contributed by atoms with van der Waals surface area (Å²) in [6.07, 6.45) is 4.98. The number of nitrogens with two attached hydrogens (primary N) is 2. The third-order valence-corrected chi connectivity index (χ3v) is 5.02. The second-order valence-electron chi connectivity index (χ2n) is 6.60. The van der Waals surface area contributed by atoms with Crippen LogP contribution in [0.4, 0.5) is 0 Å². The van der Waals surface area contributed by atoms with E-state index in [9.17, 15) is 4.79 Å². The highest BCUT2D eigenvalue weighted by molar-refractivity contribution is 5.84. The standard InChI is InChI=1S/C14H28N4O/c1-17-7-4-11(5-8-17)10-18(2)12-3-6-14(16,9-12)13(15)19/h11-12H,3-10,16H2,1-2H3,(H2,15,19). The summed E-state index contributed by atoms with van der Waals surface area (Å²) < 4.78 is 0. The largest absolute Gasteiger partial charge is 0.368 e. The molecule has 1 saturated carbocycles. The number of carbonyl (C=O) groups excluding carboxylic acids is 1. The van der Waals surface area contributed by atoms with Gasteiger partial charge in [-0.25, -0.2) is 0 Å². The predicted octanol–water partition coefficient (Wildman–Crippen LogP) is -0.00470. The number of amides is 1. The zero-order chi connectivity index (χ0) is 14.0. The van der Waals surface area contributed by atoms with Crippen LogP contribution < -0.4 is 11.5 Å². The maximum atomic E-state index is 11.4. The van der Waals surface area contributed by atoms with Gasteiger partial charge in [-0.1, -0.05) is 0 Å². The van der Waals surface area contributed by atoms with Gasteiger partial charge in [0.1, 0.15) is 0 Å². The summed E-state index contributed by atoms with van der Waals surface area (Å²) >= 11 is 0. The number of rotatable bonds is 4. The van der Waals surface area contributed by atoms with Crippen molar-refractivity contribution in [2.45, 2.75) is 43.7 Å². The maximum absolute atomic E-state index is 11.4. The van der Waals surface area contributed by atoms with Gasteiger partial charge in [0.2, 0.25) is 5.91 Å². The smallest absolute Gasteiger partial charge is 0.237 e. The molecule has 2 atom stereocenters. The van der Waals surface area contributed by atoms with Gasteiger partial charge in [0, 0.05) is 12.6 Å². The van der Waals surface area contributed by atoms with E-state index in [4.69, 9.17) is 11.5 Å². The summed E-state index contributed by atoms with van der Waals surface area (Å²) in [6.45, 7) is 3.52. The molecule has 0 aromatic carbocycles. The van der Waals surface area contributed by atoms with Crippen LogP contribution in [0.2, 0.25) is 0 Å². The van der Waals surface area contributed by atoms with Crippen LogP contribution in [0.25, 0.3) is 0 Å². The highest BCUT2D eigenvalue weighted by atomic mass is 16.1. The molecule has 0 spiro atoms. The van der Waals surface area contributed by atoms with E-state index in [1.54, 1.807) is 0 Å². The molecule has 5 nitrogen and oxygen atoms in total. The summed E-state index contributed by atoms with van der Waals surface area (Å²) in [5.41, 5.74) is 10.7. The van der Waals surface area contributed by atoms with Gasteiger partial charge < -0.3 is 21.3 Å². The van der Waals surface area contributed by atoms with Gasteiger partial charge in [-0.05, 0) is 65.2 Å². The molecule has 1 amide bonds. The van der Waals surface area contributed by atoms with Crippen molar-refractivity contribution >= 4 is 5.91 Å². The fraction of sp³-hybridized carbons (Fsp3) is 0.929. The van der Waals surface area contributed by atoms with Gasteiger partial charge >= 0.3 is 0 Å². The first-order valence-electron chi connectivity index (χ1n) is 7.38. The Labute approximate surface area is 116 Å². The van der Waals surface area contributed by atoms with Gasteiger partial charge in [0.25, 0.3) is 0 Å². The lowest BCUT2D eigenvalue weighted by Crippen LogP contribution is -2.51. The maximum Gasteiger partial charge on any atom is 0.237 e. The average Bonchev–Trinajstić information content (AvgIpc) is 2.76. The summed E-state index contributed by atoms with van der Waals surface area (Å²) in [5.74, 6) is 0.435. The lowest BCUT2D eigenvalue weighted by atomic mass is 9.95. The molecule has 0 aromatic rings. The third-order valence-electron chi connectivity index (χ3n) is 5.02. The van der Waals surface area contributed by atoms with Crippen molar-refractivity contribution in [2.75, 3.05) is 33.7 Å². The summed E-state index contributed by atoms with van der Waals surface area (Å²) in [6, 6.07) is 0.414. The van der Waals surface area contributed by atoms with Crippen molar-refractivity contribution in [2.24, 2.45) is 17.4 Å². The number of nitrogens with zero attached hydrogens (tertiary/aromatic N) is 2. The number of piperidine rings is 1. The first-order chi connectivity index (χ1) is 8.90. The van der Waals surface area contributed by atoms with Gasteiger partial charge in [-0.2, -0.15) is 0 Å². The van der Waals surface area contributed by atoms with Crippen LogP contribution in [0, 0.1) is 5.92 Å². The number of primary amides is 1. The van der Waals surface area contributed by atoms with Crippen molar-refractivity contribution in [3.63, 3.8) is 0 Å². The molecule has 2 unspecified atom stereocenters. The Morgan fingerprint density at radius 2 is 2.00 bits per heavy atom. The molecule has 0 aromatic heterocycles. The van der Waals surface area contributed by atoms with E-state index in [1.165, 1.54) is 25.9 Å². The number of hydrogen-bond donors (Lipinski definition) is 2. The molecule has 1 aliphatic carbocycles. The van der Waals surface area contributed by atoms with Crippen molar-refractivity contribution in [1.82, 2.24) is 9.80 Å². The zero-order valence-electron chi connectivity index (χ0n) is 12.3. The van der Waals surface area contributed by atoms with E-state index in [0.717, 1.165) is 25.3 Å². The van der Waals surface area contributed by atoms with Crippen molar-refractivity contribution < 1.29 is 4.79 Å². The minimum absolute atomic E-state index is 0.345. The highest BCUT2D eigenvalue weighted by Gasteiger charge is 2.42. The third kappa shape index (κ3) is 3.46. The Kier molecular flexibility index (Phi) is 4.48. The van der Waals surface area contributed by atoms with E-state index in [-0.39, 0.29) is 5.91 Å². The van der Waals surface area contributed by atoms with Crippen LogP contribution >= 0.6 is 0 Å². The van der Waals surface area contributed by atoms with Gasteiger partial charge in [0.05, 0.1) is 5.54 Å². The highest BCUT2D eigenvalue weighted by Crippen LogP contribution is 2.31. The Balaban J connectivity index is 1.81. The first-order valence-corrected chi connectivity index (χ1v) is 7.38. The topological polar surface area (TPSA) is 75.6 Å². The molecule has 1 aliphatic heterocycles. The minimum atomic E-state index is -0.772. The average molecular weight is 268 g/mol.